The Morgan fingerprint density at radius 3 is 2.36 bits per heavy atom. The predicted octanol–water partition coefficient (Wildman–Crippen LogP) is 1.63. The molecule has 1 unspecified atom stereocenters. The third kappa shape index (κ3) is 5.51. The molecule has 13 nitrogen and oxygen atoms in total. The lowest BCUT2D eigenvalue weighted by Crippen LogP contribution is -2.63. The van der Waals surface area contributed by atoms with Crippen molar-refractivity contribution in [1.29, 1.82) is 0 Å². The molecule has 0 radical (unpaired) electrons. The van der Waals surface area contributed by atoms with Crippen LogP contribution < -0.4 is 10.5 Å². The van der Waals surface area contributed by atoms with Crippen LogP contribution in [0.1, 0.15) is 53.2 Å². The minimum Gasteiger partial charge on any atom is -0.510 e. The van der Waals surface area contributed by atoms with Gasteiger partial charge in [-0.25, -0.2) is 0 Å². The molecule has 4 aliphatic rings. The second kappa shape index (κ2) is 11.8. The van der Waals surface area contributed by atoms with E-state index >= 15 is 0 Å². The molecule has 1 saturated heterocycles. The van der Waals surface area contributed by atoms with Crippen LogP contribution >= 0.6 is 0 Å². The number of carbonyl (C=O) groups excluding carboxylic acids is 4. The number of Topliss-reactive ketones (excluding diaryl/α,β-unsaturated/α-hetero) is 2. The number of ether oxygens (including phenoxy) is 1. The van der Waals surface area contributed by atoms with Gasteiger partial charge in [-0.05, 0) is 72.3 Å². The first kappa shape index (κ1) is 34.2. The normalized spacial score (nSPS) is 28.0. The van der Waals surface area contributed by atoms with Crippen molar-refractivity contribution < 1.29 is 57.5 Å². The van der Waals surface area contributed by atoms with Crippen molar-refractivity contribution >= 4 is 23.4 Å². The first-order chi connectivity index (χ1) is 21.8. The SMILES string of the molecule is CN(C)CC(=O)N1CCCCC1c1cc(O)c2c(c1OC(F)(F)F)C[C@H]1C[C@H]3[C@H](N(C)C)C(O)=C(C(N)=O)C(=O)[C@@]3(O)C(O)=C1C2=O. The Bertz CT molecular complexity index is 1620. The molecule has 3 aliphatic carbocycles. The number of likely N-dealkylation sites (N-methyl/N-ethyl adjacent to an activating group) is 2. The number of amides is 2. The summed E-state index contributed by atoms with van der Waals surface area (Å²) >= 11 is 0. The van der Waals surface area contributed by atoms with Crippen LogP contribution in [0.15, 0.2) is 28.7 Å². The maximum Gasteiger partial charge on any atom is 0.573 e. The van der Waals surface area contributed by atoms with E-state index < -0.39 is 99.5 Å². The maximum atomic E-state index is 14.0. The summed E-state index contributed by atoms with van der Waals surface area (Å²) in [6.07, 6.45) is -4.56. The van der Waals surface area contributed by atoms with Crippen LogP contribution in [0.3, 0.4) is 0 Å². The molecule has 0 saturated carbocycles. The highest BCUT2D eigenvalue weighted by Crippen LogP contribution is 2.55. The molecule has 0 aromatic heterocycles. The summed E-state index contributed by atoms with van der Waals surface area (Å²) in [5, 5.41) is 45.3. The Kier molecular flexibility index (Phi) is 8.60. The number of alkyl halides is 3. The van der Waals surface area contributed by atoms with Gasteiger partial charge >= 0.3 is 6.36 Å². The molecule has 1 aromatic carbocycles. The minimum atomic E-state index is -5.24. The largest absolute Gasteiger partial charge is 0.573 e. The number of rotatable bonds is 6. The molecule has 1 fully saturated rings. The molecule has 1 aliphatic heterocycles. The monoisotopic (exact) mass is 666 g/mol. The van der Waals surface area contributed by atoms with E-state index in [9.17, 15) is 52.8 Å². The summed E-state index contributed by atoms with van der Waals surface area (Å²) in [5.41, 5.74) is -0.159. The van der Waals surface area contributed by atoms with Crippen molar-refractivity contribution in [3.8, 4) is 11.5 Å². The number of aliphatic hydroxyl groups is 3. The highest BCUT2D eigenvalue weighted by atomic mass is 19.4. The number of aliphatic hydroxyl groups excluding tert-OH is 2. The second-order valence-corrected chi connectivity index (χ2v) is 13.0. The third-order valence-corrected chi connectivity index (χ3v) is 9.55. The quantitative estimate of drug-likeness (QED) is 0.277. The van der Waals surface area contributed by atoms with E-state index in [-0.39, 0.29) is 43.0 Å². The lowest BCUT2D eigenvalue weighted by molar-refractivity contribution is -0.275. The van der Waals surface area contributed by atoms with Gasteiger partial charge in [-0.15, -0.1) is 13.2 Å². The number of allylic oxidation sites excluding steroid dienone is 1. The fraction of sp³-hybridized carbons (Fsp3) is 0.548. The zero-order valence-corrected chi connectivity index (χ0v) is 26.2. The van der Waals surface area contributed by atoms with Crippen molar-refractivity contribution in [1.82, 2.24) is 14.7 Å². The number of likely N-dealkylation sites (tertiary alicyclic amines) is 1. The number of phenols is 1. The van der Waals surface area contributed by atoms with Crippen LogP contribution in [0.4, 0.5) is 13.2 Å². The van der Waals surface area contributed by atoms with Gasteiger partial charge in [0.2, 0.25) is 11.7 Å². The zero-order valence-electron chi connectivity index (χ0n) is 26.2. The molecule has 6 N–H and O–H groups in total. The van der Waals surface area contributed by atoms with Gasteiger partial charge in [0.25, 0.3) is 5.91 Å². The van der Waals surface area contributed by atoms with Crippen molar-refractivity contribution in [2.24, 2.45) is 17.6 Å². The number of nitrogens with zero attached hydrogens (tertiary/aromatic N) is 3. The fourth-order valence-electron chi connectivity index (χ4n) is 7.72. The molecular weight excluding hydrogens is 629 g/mol. The van der Waals surface area contributed by atoms with Crippen LogP contribution in [0.5, 0.6) is 11.5 Å². The van der Waals surface area contributed by atoms with Crippen LogP contribution in [-0.2, 0) is 20.8 Å². The number of aromatic hydroxyl groups is 1. The molecule has 1 aromatic rings. The number of fused-ring (bicyclic) bond motifs is 3. The first-order valence-corrected chi connectivity index (χ1v) is 15.0. The minimum absolute atomic E-state index is 0.0221. The van der Waals surface area contributed by atoms with E-state index in [1.807, 2.05) is 0 Å². The average Bonchev–Trinajstić information content (AvgIpc) is 2.95. The Morgan fingerprint density at radius 2 is 1.79 bits per heavy atom. The predicted molar refractivity (Wildman–Crippen MR) is 157 cm³/mol. The van der Waals surface area contributed by atoms with Crippen molar-refractivity contribution in [2.45, 2.75) is 56.2 Å². The summed E-state index contributed by atoms with van der Waals surface area (Å²) in [4.78, 5) is 57.2. The number of primary amides is 1. The van der Waals surface area contributed by atoms with E-state index in [0.29, 0.717) is 12.8 Å². The average molecular weight is 667 g/mol. The van der Waals surface area contributed by atoms with Gasteiger partial charge in [0.15, 0.2) is 11.4 Å². The number of benzene rings is 1. The molecule has 256 valence electrons. The first-order valence-electron chi connectivity index (χ1n) is 15.0. The smallest absolute Gasteiger partial charge is 0.510 e. The number of hydrogen-bond acceptors (Lipinski definition) is 11. The standard InChI is InChI=1S/C31H37F3N4O9/c1-36(2)12-19(40)38-8-6-5-7-17(38)14-11-18(39)21-15(26(14)47-31(32,33)34)9-13-10-16-23(37(3)4)25(42)22(29(35)45)28(44)30(16,46)27(43)20(13)24(21)41/h11,13,16-17,23,39,42-43,46H,5-10,12H2,1-4H3,(H2,35,45)/t13-,16-,17?,23-,30-/m0/s1. The molecular formula is C31H37F3N4O9. The number of ketones is 2. The molecule has 5 rings (SSSR count). The van der Waals surface area contributed by atoms with Gasteiger partial charge in [-0.1, -0.05) is 0 Å². The number of phenolic OH excluding ortho intramolecular Hbond substituents is 1. The maximum absolute atomic E-state index is 14.0. The van der Waals surface area contributed by atoms with Crippen LogP contribution in [-0.4, -0.2) is 118 Å². The van der Waals surface area contributed by atoms with Gasteiger partial charge < -0.3 is 40.7 Å². The molecule has 16 heteroatoms. The topological polar surface area (TPSA) is 194 Å². The number of halogens is 3. The zero-order chi connectivity index (χ0) is 34.9. The van der Waals surface area contributed by atoms with E-state index in [0.717, 1.165) is 6.07 Å². The summed E-state index contributed by atoms with van der Waals surface area (Å²) in [7, 11) is 6.26. The van der Waals surface area contributed by atoms with Crippen molar-refractivity contribution in [3.63, 3.8) is 0 Å². The number of piperidine rings is 1. The second-order valence-electron chi connectivity index (χ2n) is 13.0. The van der Waals surface area contributed by atoms with Gasteiger partial charge in [0.05, 0.1) is 24.2 Å². The van der Waals surface area contributed by atoms with Crippen molar-refractivity contribution in [3.05, 3.63) is 45.4 Å². The lowest BCUT2D eigenvalue weighted by Gasteiger charge is -2.50. The van der Waals surface area contributed by atoms with Crippen LogP contribution in [0.2, 0.25) is 0 Å². The molecule has 47 heavy (non-hydrogen) atoms. The number of hydrogen-bond donors (Lipinski definition) is 5. The molecule has 0 spiro atoms. The van der Waals surface area contributed by atoms with Crippen LogP contribution in [0, 0.1) is 11.8 Å². The van der Waals surface area contributed by atoms with Crippen LogP contribution in [0.25, 0.3) is 0 Å². The highest BCUT2D eigenvalue weighted by Gasteiger charge is 2.63. The van der Waals surface area contributed by atoms with Gasteiger partial charge in [-0.3, -0.25) is 24.1 Å². The Balaban J connectivity index is 1.71. The van der Waals surface area contributed by atoms with Gasteiger partial charge in [0.1, 0.15) is 28.6 Å². The Hall–Kier alpha value is -4.15. The lowest BCUT2D eigenvalue weighted by atomic mass is 9.58. The van der Waals surface area contributed by atoms with E-state index in [4.69, 9.17) is 5.73 Å². The summed E-state index contributed by atoms with van der Waals surface area (Å²) in [6, 6.07) is -1.25. The van der Waals surface area contributed by atoms with Gasteiger partial charge in [-0.2, -0.15) is 0 Å². The summed E-state index contributed by atoms with van der Waals surface area (Å²) in [6.45, 7) is 0.221. The van der Waals surface area contributed by atoms with E-state index in [1.54, 1.807) is 19.0 Å². The van der Waals surface area contributed by atoms with Crippen molar-refractivity contribution in [2.75, 3.05) is 41.3 Å². The summed E-state index contributed by atoms with van der Waals surface area (Å²) in [5.74, 6) is -10.2. The molecule has 1 heterocycles. The molecule has 2 amide bonds. The number of nitrogens with two attached hydrogens (primary N) is 1. The van der Waals surface area contributed by atoms with E-state index in [2.05, 4.69) is 4.74 Å². The summed E-state index contributed by atoms with van der Waals surface area (Å²) < 4.78 is 46.6. The Morgan fingerprint density at radius 1 is 1.13 bits per heavy atom. The fourth-order valence-corrected chi connectivity index (χ4v) is 7.72. The molecule has 0 bridgehead atoms. The highest BCUT2D eigenvalue weighted by molar-refractivity contribution is 6.24. The third-order valence-electron chi connectivity index (χ3n) is 9.55. The van der Waals surface area contributed by atoms with Gasteiger partial charge in [0, 0.05) is 29.2 Å². The van der Waals surface area contributed by atoms with E-state index in [1.165, 1.54) is 23.9 Å². The Labute approximate surface area is 267 Å². The number of carbonyl (C=O) groups is 4. The molecule has 5 atom stereocenters.